The van der Waals surface area contributed by atoms with Crippen LogP contribution in [0, 0.1) is 23.6 Å². The van der Waals surface area contributed by atoms with Crippen LogP contribution >= 0.6 is 0 Å². The number of hydrogen-bond acceptors (Lipinski definition) is 0. The van der Waals surface area contributed by atoms with Crippen LogP contribution in [0.15, 0.2) is 18.2 Å². The summed E-state index contributed by atoms with van der Waals surface area (Å²) in [4.78, 5) is 0. The van der Waals surface area contributed by atoms with Crippen molar-refractivity contribution in [2.45, 2.75) is 115 Å². The Morgan fingerprint density at radius 3 is 2.19 bits per heavy atom. The molecule has 0 unspecified atom stereocenters. The van der Waals surface area contributed by atoms with Crippen molar-refractivity contribution < 1.29 is 17.6 Å². The Morgan fingerprint density at radius 1 is 0.875 bits per heavy atom. The molecule has 0 nitrogen and oxygen atoms in total. The van der Waals surface area contributed by atoms with Gasteiger partial charge < -0.3 is 0 Å². The Balaban J connectivity index is 1.29. The van der Waals surface area contributed by atoms with E-state index < -0.39 is 26.4 Å². The number of benzene rings is 1. The van der Waals surface area contributed by atoms with Crippen LogP contribution in [0.25, 0.3) is 0 Å². The summed E-state index contributed by atoms with van der Waals surface area (Å²) in [5.74, 6) is 1.63. The molecule has 2 aliphatic rings. The van der Waals surface area contributed by atoms with E-state index in [-0.39, 0.29) is 0 Å². The van der Waals surface area contributed by atoms with Crippen molar-refractivity contribution in [1.29, 1.82) is 0 Å². The summed E-state index contributed by atoms with van der Waals surface area (Å²) < 4.78 is 51.7. The van der Waals surface area contributed by atoms with Crippen molar-refractivity contribution in [2.24, 2.45) is 17.8 Å². The van der Waals surface area contributed by atoms with E-state index >= 15 is 0 Å². The highest BCUT2D eigenvalue weighted by Crippen LogP contribution is 2.42. The van der Waals surface area contributed by atoms with Gasteiger partial charge in [-0.15, -0.1) is 0 Å². The molecule has 0 bridgehead atoms. The van der Waals surface area contributed by atoms with E-state index in [0.717, 1.165) is 42.7 Å². The van der Waals surface area contributed by atoms with E-state index in [1.54, 1.807) is 18.1 Å². The average Bonchev–Trinajstić information content (AvgIpc) is 2.77. The highest BCUT2D eigenvalue weighted by molar-refractivity contribution is 6.58. The summed E-state index contributed by atoms with van der Waals surface area (Å²) in [6.07, 6.45) is 12.1. The molecule has 0 spiro atoms. The van der Waals surface area contributed by atoms with Crippen molar-refractivity contribution in [3.63, 3.8) is 0 Å². The van der Waals surface area contributed by atoms with Gasteiger partial charge in [0.25, 0.3) is 0 Å². The molecule has 1 aromatic carbocycles. The fourth-order valence-electron chi connectivity index (χ4n) is 6.29. The van der Waals surface area contributed by atoms with Gasteiger partial charge in [0.15, 0.2) is 0 Å². The first kappa shape index (κ1) is 25.8. The third-order valence-corrected chi connectivity index (χ3v) is 11.9. The largest absolute Gasteiger partial charge is 0.419 e. The van der Waals surface area contributed by atoms with Crippen molar-refractivity contribution in [3.05, 3.63) is 35.1 Å². The highest BCUT2D eigenvalue weighted by atomic mass is 28.3. The molecule has 0 radical (unpaired) electrons. The molecule has 0 atom stereocenters. The fourth-order valence-corrected chi connectivity index (χ4v) is 9.82. The number of alkyl halides is 3. The minimum absolute atomic E-state index is 0.402. The fraction of sp³-hybridized carbons (Fsp3) is 0.778. The molecule has 182 valence electrons. The summed E-state index contributed by atoms with van der Waals surface area (Å²) in [5.41, 5.74) is -0.488. The van der Waals surface area contributed by atoms with Crippen molar-refractivity contribution in [1.82, 2.24) is 0 Å². The van der Waals surface area contributed by atoms with E-state index in [9.17, 15) is 17.6 Å². The quantitative estimate of drug-likeness (QED) is 0.182. The third-order valence-electron chi connectivity index (χ3n) is 8.33. The van der Waals surface area contributed by atoms with Gasteiger partial charge in [0.1, 0.15) is 5.82 Å². The maximum Gasteiger partial charge on any atom is 0.419 e. The lowest BCUT2D eigenvalue weighted by Crippen LogP contribution is -2.28. The Labute approximate surface area is 194 Å². The molecule has 1 aliphatic heterocycles. The monoisotopic (exact) mass is 470 g/mol. The number of hydrogen-bond donors (Lipinski definition) is 0. The molecule has 1 saturated carbocycles. The molecule has 1 saturated heterocycles. The first-order valence-electron chi connectivity index (χ1n) is 13.2. The van der Waals surface area contributed by atoms with Gasteiger partial charge in [-0.2, -0.15) is 13.2 Å². The number of rotatable bonds is 10. The van der Waals surface area contributed by atoms with Crippen molar-refractivity contribution in [3.8, 4) is 0 Å². The lowest BCUT2D eigenvalue weighted by atomic mass is 9.73. The van der Waals surface area contributed by atoms with Crippen molar-refractivity contribution >= 4 is 8.80 Å². The molecule has 5 heteroatoms. The molecule has 2 fully saturated rings. The van der Waals surface area contributed by atoms with E-state index in [4.69, 9.17) is 0 Å². The van der Waals surface area contributed by atoms with Crippen LogP contribution in [-0.4, -0.2) is 8.80 Å². The first-order valence-corrected chi connectivity index (χ1v) is 15.7. The van der Waals surface area contributed by atoms with E-state index in [2.05, 4.69) is 6.92 Å². The summed E-state index contributed by atoms with van der Waals surface area (Å²) in [6.45, 7) is 2.30. The summed E-state index contributed by atoms with van der Waals surface area (Å²) >= 11 is 0. The zero-order valence-electron chi connectivity index (χ0n) is 19.9. The van der Waals surface area contributed by atoms with Gasteiger partial charge in [-0.1, -0.05) is 88.9 Å². The predicted octanol–water partition coefficient (Wildman–Crippen LogP) is 9.19. The van der Waals surface area contributed by atoms with E-state index in [1.807, 2.05) is 0 Å². The molecule has 0 amide bonds. The Bertz CT molecular complexity index is 671. The minimum atomic E-state index is -4.61. The lowest BCUT2D eigenvalue weighted by Gasteiger charge is -2.37. The van der Waals surface area contributed by atoms with Gasteiger partial charge >= 0.3 is 6.18 Å². The SMILES string of the molecule is CCCCC[SiH]1CCC([C@H]2CC[C@H](CCCCc3ccc(C(F)(F)F)c(F)c3)CC2)CC1. The van der Waals surface area contributed by atoms with Gasteiger partial charge in [-0.05, 0) is 61.1 Å². The zero-order chi connectivity index (χ0) is 23.0. The van der Waals surface area contributed by atoms with Crippen LogP contribution in [0.5, 0.6) is 0 Å². The van der Waals surface area contributed by atoms with Crippen LogP contribution < -0.4 is 0 Å². The van der Waals surface area contributed by atoms with Crippen LogP contribution in [-0.2, 0) is 12.6 Å². The number of unbranched alkanes of at least 4 members (excludes halogenated alkanes) is 3. The Kier molecular flexibility index (Phi) is 10.1. The van der Waals surface area contributed by atoms with E-state index in [1.165, 1.54) is 70.3 Å². The normalized spacial score (nSPS) is 26.9. The van der Waals surface area contributed by atoms with E-state index in [0.29, 0.717) is 12.0 Å². The second-order valence-corrected chi connectivity index (χ2v) is 14.1. The van der Waals surface area contributed by atoms with Gasteiger partial charge in [0.2, 0.25) is 0 Å². The average molecular weight is 471 g/mol. The summed E-state index contributed by atoms with van der Waals surface area (Å²) in [6, 6.07) is 8.16. The highest BCUT2D eigenvalue weighted by Gasteiger charge is 2.34. The van der Waals surface area contributed by atoms with Gasteiger partial charge in [-0.3, -0.25) is 0 Å². The predicted molar refractivity (Wildman–Crippen MR) is 128 cm³/mol. The van der Waals surface area contributed by atoms with Crippen LogP contribution in [0.3, 0.4) is 0 Å². The Morgan fingerprint density at radius 2 is 1.56 bits per heavy atom. The summed E-state index contributed by atoms with van der Waals surface area (Å²) in [7, 11) is -0.402. The second-order valence-electron chi connectivity index (χ2n) is 10.6. The number of aryl methyl sites for hydroxylation is 1. The minimum Gasteiger partial charge on any atom is -0.206 e. The smallest absolute Gasteiger partial charge is 0.206 e. The molecular formula is C27H42F4Si. The molecule has 1 heterocycles. The molecule has 1 aliphatic carbocycles. The Hall–Kier alpha value is -0.843. The number of halogens is 4. The molecular weight excluding hydrogens is 428 g/mol. The maximum atomic E-state index is 13.7. The second kappa shape index (κ2) is 12.6. The van der Waals surface area contributed by atoms with Crippen LogP contribution in [0.1, 0.15) is 95.1 Å². The first-order chi connectivity index (χ1) is 15.4. The van der Waals surface area contributed by atoms with Gasteiger partial charge in [-0.25, -0.2) is 4.39 Å². The molecule has 32 heavy (non-hydrogen) atoms. The third kappa shape index (κ3) is 7.88. The van der Waals surface area contributed by atoms with Gasteiger partial charge in [0.05, 0.1) is 5.56 Å². The standard InChI is InChI=1S/C27H42F4Si/c1-2-3-6-17-32-18-15-24(16-19-32)23-12-9-21(10-13-23)7-4-5-8-22-11-14-25(26(28)20-22)27(29,30)31/h11,14,20-21,23-24,32H,2-10,12-13,15-19H2,1H3/t21-,23-,24?,32?. The summed E-state index contributed by atoms with van der Waals surface area (Å²) in [5, 5.41) is 0. The topological polar surface area (TPSA) is 0 Å². The zero-order valence-corrected chi connectivity index (χ0v) is 21.0. The molecule has 0 aromatic heterocycles. The van der Waals surface area contributed by atoms with Crippen LogP contribution in [0.2, 0.25) is 18.1 Å². The molecule has 3 rings (SSSR count). The molecule has 0 N–H and O–H groups in total. The maximum absolute atomic E-state index is 13.7. The van der Waals surface area contributed by atoms with Gasteiger partial charge in [0, 0.05) is 8.80 Å². The lowest BCUT2D eigenvalue weighted by molar-refractivity contribution is -0.140. The van der Waals surface area contributed by atoms with Crippen LogP contribution in [0.4, 0.5) is 17.6 Å². The van der Waals surface area contributed by atoms with Crippen molar-refractivity contribution in [2.75, 3.05) is 0 Å². The molecule has 1 aromatic rings.